The van der Waals surface area contributed by atoms with Crippen LogP contribution in [-0.4, -0.2) is 42.5 Å². The number of fused-ring (bicyclic) bond motifs is 1. The first-order valence-corrected chi connectivity index (χ1v) is 6.67. The van der Waals surface area contributed by atoms with Gasteiger partial charge in [0, 0.05) is 13.1 Å². The Labute approximate surface area is 116 Å². The van der Waals surface area contributed by atoms with Crippen molar-refractivity contribution in [3.8, 4) is 0 Å². The van der Waals surface area contributed by atoms with E-state index in [0.29, 0.717) is 29.7 Å². The second-order valence-corrected chi connectivity index (χ2v) is 4.97. The van der Waals surface area contributed by atoms with Crippen molar-refractivity contribution in [3.63, 3.8) is 0 Å². The Kier molecular flexibility index (Phi) is 3.36. The molecule has 1 fully saturated rings. The first kappa shape index (κ1) is 13.0. The van der Waals surface area contributed by atoms with Crippen LogP contribution >= 0.6 is 0 Å². The zero-order valence-corrected chi connectivity index (χ0v) is 10.9. The van der Waals surface area contributed by atoms with Gasteiger partial charge in [-0.05, 0) is 30.7 Å². The number of rotatable bonds is 2. The maximum absolute atomic E-state index is 13.7. The summed E-state index contributed by atoms with van der Waals surface area (Å²) in [6.45, 7) is 1.17. The zero-order chi connectivity index (χ0) is 14.1. The number of benzene rings is 1. The number of alkyl halides is 1. The lowest BCUT2D eigenvalue weighted by Gasteiger charge is -2.21. The highest BCUT2D eigenvalue weighted by Crippen LogP contribution is 2.23. The molecule has 4 nitrogen and oxygen atoms in total. The van der Waals surface area contributed by atoms with Crippen molar-refractivity contribution >= 4 is 11.8 Å². The van der Waals surface area contributed by atoms with Gasteiger partial charge < -0.3 is 5.32 Å². The number of nitrogens with one attached hydrogen (secondary N) is 1. The van der Waals surface area contributed by atoms with Crippen LogP contribution in [0.3, 0.4) is 0 Å². The quantitative estimate of drug-likeness (QED) is 0.657. The molecule has 1 atom stereocenters. The molecule has 1 aromatic carbocycles. The maximum atomic E-state index is 13.7. The van der Waals surface area contributed by atoms with Crippen molar-refractivity contribution in [2.45, 2.75) is 12.6 Å². The van der Waals surface area contributed by atoms with Gasteiger partial charge in [0.25, 0.3) is 11.8 Å². The summed E-state index contributed by atoms with van der Waals surface area (Å²) in [6.07, 6.45) is 1.26. The largest absolute Gasteiger partial charge is 0.313 e. The molecule has 2 heterocycles. The van der Waals surface area contributed by atoms with Gasteiger partial charge in [0.1, 0.15) is 6.17 Å². The van der Waals surface area contributed by atoms with E-state index in [1.165, 1.54) is 4.90 Å². The topological polar surface area (TPSA) is 49.4 Å². The van der Waals surface area contributed by atoms with Gasteiger partial charge in [-0.2, -0.15) is 0 Å². The van der Waals surface area contributed by atoms with Gasteiger partial charge in [-0.15, -0.1) is 0 Å². The average molecular weight is 274 g/mol. The van der Waals surface area contributed by atoms with Gasteiger partial charge in [0.2, 0.25) is 0 Å². The lowest BCUT2D eigenvalue weighted by molar-refractivity contribution is 0.0671. The lowest BCUT2D eigenvalue weighted by atomic mass is 10.0. The standard InChI is InChI=1S/C15H15FN2O2/c16-13-9-17-7-5-10(13)6-8-18-14(19)11-3-1-2-4-12(11)15(18)20/h1-4,6,13,17H,5,7-9H2/b10-6-. The fourth-order valence-electron chi connectivity index (χ4n) is 2.59. The Hall–Kier alpha value is -2.01. The number of carbonyl (C=O) groups excluding carboxylic acids is 2. The highest BCUT2D eigenvalue weighted by Gasteiger charge is 2.34. The smallest absolute Gasteiger partial charge is 0.261 e. The van der Waals surface area contributed by atoms with Crippen LogP contribution in [-0.2, 0) is 0 Å². The van der Waals surface area contributed by atoms with Gasteiger partial charge in [-0.3, -0.25) is 14.5 Å². The molecule has 2 aliphatic heterocycles. The van der Waals surface area contributed by atoms with Gasteiger partial charge in [-0.1, -0.05) is 18.2 Å². The van der Waals surface area contributed by atoms with Crippen LogP contribution in [0.2, 0.25) is 0 Å². The third-order valence-electron chi connectivity index (χ3n) is 3.73. The summed E-state index contributed by atoms with van der Waals surface area (Å²) < 4.78 is 13.7. The number of hydrogen-bond acceptors (Lipinski definition) is 3. The molecule has 1 saturated heterocycles. The summed E-state index contributed by atoms with van der Waals surface area (Å²) in [5.74, 6) is -0.599. The van der Waals surface area contributed by atoms with Gasteiger partial charge in [0.15, 0.2) is 0 Å². The molecule has 0 radical (unpaired) electrons. The Morgan fingerprint density at radius 1 is 1.25 bits per heavy atom. The van der Waals surface area contributed by atoms with E-state index in [0.717, 1.165) is 6.54 Å². The van der Waals surface area contributed by atoms with E-state index in [2.05, 4.69) is 5.32 Å². The van der Waals surface area contributed by atoms with Crippen molar-refractivity contribution in [2.24, 2.45) is 0 Å². The van der Waals surface area contributed by atoms with Crippen LogP contribution in [0.5, 0.6) is 0 Å². The summed E-state index contributed by atoms with van der Waals surface area (Å²) in [4.78, 5) is 25.4. The summed E-state index contributed by atoms with van der Waals surface area (Å²) >= 11 is 0. The number of carbonyl (C=O) groups is 2. The highest BCUT2D eigenvalue weighted by atomic mass is 19.1. The Morgan fingerprint density at radius 2 is 1.90 bits per heavy atom. The van der Waals surface area contributed by atoms with Crippen molar-refractivity contribution in [1.29, 1.82) is 0 Å². The molecular formula is C15H15FN2O2. The molecule has 1 unspecified atom stereocenters. The van der Waals surface area contributed by atoms with E-state index >= 15 is 0 Å². The van der Waals surface area contributed by atoms with Crippen LogP contribution < -0.4 is 5.32 Å². The fourth-order valence-corrected chi connectivity index (χ4v) is 2.59. The third kappa shape index (κ3) is 2.14. The minimum Gasteiger partial charge on any atom is -0.313 e. The second-order valence-electron chi connectivity index (χ2n) is 4.97. The predicted molar refractivity (Wildman–Crippen MR) is 72.3 cm³/mol. The molecule has 5 heteroatoms. The Balaban J connectivity index is 1.78. The van der Waals surface area contributed by atoms with E-state index in [1.54, 1.807) is 30.3 Å². The van der Waals surface area contributed by atoms with Crippen LogP contribution in [0.25, 0.3) is 0 Å². The van der Waals surface area contributed by atoms with Crippen LogP contribution in [0, 0.1) is 0 Å². The predicted octanol–water partition coefficient (Wildman–Crippen LogP) is 1.54. The second kappa shape index (κ2) is 5.17. The van der Waals surface area contributed by atoms with Crippen LogP contribution in [0.1, 0.15) is 27.1 Å². The monoisotopic (exact) mass is 274 g/mol. The molecule has 0 saturated carbocycles. The number of piperidine rings is 1. The molecule has 3 rings (SSSR count). The molecule has 2 amide bonds. The van der Waals surface area contributed by atoms with Crippen LogP contribution in [0.4, 0.5) is 4.39 Å². The van der Waals surface area contributed by atoms with Gasteiger partial charge >= 0.3 is 0 Å². The highest BCUT2D eigenvalue weighted by molar-refractivity contribution is 6.21. The number of imide groups is 1. The molecule has 0 aromatic heterocycles. The number of amides is 2. The van der Waals surface area contributed by atoms with Crippen molar-refractivity contribution in [3.05, 3.63) is 47.0 Å². The van der Waals surface area contributed by atoms with E-state index in [9.17, 15) is 14.0 Å². The summed E-state index contributed by atoms with van der Waals surface area (Å²) in [5.41, 5.74) is 1.52. The van der Waals surface area contributed by atoms with E-state index in [4.69, 9.17) is 0 Å². The molecule has 0 aliphatic carbocycles. The molecular weight excluding hydrogens is 259 g/mol. The maximum Gasteiger partial charge on any atom is 0.261 e. The lowest BCUT2D eigenvalue weighted by Crippen LogP contribution is -2.34. The minimum atomic E-state index is -1.03. The number of halogens is 1. The first-order chi connectivity index (χ1) is 9.68. The summed E-state index contributed by atoms with van der Waals surface area (Å²) in [5, 5.41) is 2.96. The zero-order valence-electron chi connectivity index (χ0n) is 10.9. The normalized spacial score (nSPS) is 24.4. The van der Waals surface area contributed by atoms with Gasteiger partial charge in [0.05, 0.1) is 11.1 Å². The van der Waals surface area contributed by atoms with Crippen LogP contribution in [0.15, 0.2) is 35.9 Å². The number of hydrogen-bond donors (Lipinski definition) is 1. The Morgan fingerprint density at radius 3 is 2.50 bits per heavy atom. The van der Waals surface area contributed by atoms with E-state index in [1.807, 2.05) is 0 Å². The fraction of sp³-hybridized carbons (Fsp3) is 0.333. The minimum absolute atomic E-state index is 0.141. The SMILES string of the molecule is O=C1c2ccccc2C(=O)N1C/C=C1/CCNCC1F. The summed E-state index contributed by atoms with van der Waals surface area (Å²) in [7, 11) is 0. The van der Waals surface area contributed by atoms with Crippen molar-refractivity contribution in [2.75, 3.05) is 19.6 Å². The van der Waals surface area contributed by atoms with Gasteiger partial charge in [-0.25, -0.2) is 4.39 Å². The molecule has 1 N–H and O–H groups in total. The molecule has 1 aromatic rings. The average Bonchev–Trinajstić information content (AvgIpc) is 2.71. The Bertz CT molecular complexity index is 562. The molecule has 104 valence electrons. The molecule has 0 bridgehead atoms. The molecule has 2 aliphatic rings. The van der Waals surface area contributed by atoms with Crippen molar-refractivity contribution < 1.29 is 14.0 Å². The summed E-state index contributed by atoms with van der Waals surface area (Å²) in [6, 6.07) is 6.75. The number of nitrogens with zero attached hydrogens (tertiary/aromatic N) is 1. The van der Waals surface area contributed by atoms with E-state index < -0.39 is 6.17 Å². The molecule has 20 heavy (non-hydrogen) atoms. The first-order valence-electron chi connectivity index (χ1n) is 6.67. The third-order valence-corrected chi connectivity index (χ3v) is 3.73. The van der Waals surface area contributed by atoms with Crippen molar-refractivity contribution in [1.82, 2.24) is 10.2 Å². The molecule has 0 spiro atoms. The van der Waals surface area contributed by atoms with E-state index in [-0.39, 0.29) is 18.4 Å².